The van der Waals surface area contributed by atoms with E-state index in [9.17, 15) is 25.0 Å². The number of nitriles is 1. The van der Waals surface area contributed by atoms with Crippen LogP contribution >= 0.6 is 0 Å². The first-order valence-corrected chi connectivity index (χ1v) is 9.57. The van der Waals surface area contributed by atoms with Crippen molar-refractivity contribution in [1.29, 1.82) is 5.26 Å². The second-order valence-electron chi connectivity index (χ2n) is 6.65. The number of benzene rings is 2. The first kappa shape index (κ1) is 22.5. The molecule has 3 rings (SSSR count). The van der Waals surface area contributed by atoms with Crippen molar-refractivity contribution in [3.63, 3.8) is 0 Å². The summed E-state index contributed by atoms with van der Waals surface area (Å²) in [6, 6.07) is 11.8. The van der Waals surface area contributed by atoms with E-state index >= 15 is 0 Å². The molecule has 0 radical (unpaired) electrons. The highest BCUT2D eigenvalue weighted by Crippen LogP contribution is 2.31. The number of ether oxygens (including phenoxy) is 3. The van der Waals surface area contributed by atoms with Crippen LogP contribution in [0.2, 0.25) is 0 Å². The summed E-state index contributed by atoms with van der Waals surface area (Å²) in [5.41, 5.74) is -0.160. The number of para-hydroxylation sites is 1. The van der Waals surface area contributed by atoms with E-state index in [0.717, 1.165) is 0 Å². The fourth-order valence-electron chi connectivity index (χ4n) is 3.06. The van der Waals surface area contributed by atoms with Crippen LogP contribution in [-0.2, 0) is 9.53 Å². The Morgan fingerprint density at radius 1 is 1.19 bits per heavy atom. The fourth-order valence-corrected chi connectivity index (χ4v) is 3.06. The molecule has 0 saturated carbocycles. The molecule has 0 N–H and O–H groups in total. The van der Waals surface area contributed by atoms with Crippen molar-refractivity contribution in [1.82, 2.24) is 4.90 Å². The van der Waals surface area contributed by atoms with Crippen molar-refractivity contribution in [2.45, 2.75) is 0 Å². The molecular formula is C22H19N3O7. The lowest BCUT2D eigenvalue weighted by molar-refractivity contribution is -0.385. The minimum absolute atomic E-state index is 0.0332. The molecule has 1 heterocycles. The Hall–Kier alpha value is -4.23. The zero-order chi connectivity index (χ0) is 23.1. The van der Waals surface area contributed by atoms with Crippen LogP contribution in [0.5, 0.6) is 11.5 Å². The van der Waals surface area contributed by atoms with Gasteiger partial charge in [-0.25, -0.2) is 4.79 Å². The Morgan fingerprint density at radius 3 is 2.56 bits per heavy atom. The number of nitro benzene ring substituents is 1. The van der Waals surface area contributed by atoms with Gasteiger partial charge < -0.3 is 19.1 Å². The van der Waals surface area contributed by atoms with E-state index in [1.54, 1.807) is 4.90 Å². The van der Waals surface area contributed by atoms with Crippen molar-refractivity contribution in [3.8, 4) is 17.6 Å². The molecule has 10 nitrogen and oxygen atoms in total. The van der Waals surface area contributed by atoms with Gasteiger partial charge in [-0.05, 0) is 29.8 Å². The number of carbonyl (C=O) groups is 2. The highest BCUT2D eigenvalue weighted by atomic mass is 16.6. The van der Waals surface area contributed by atoms with Crippen LogP contribution in [0.3, 0.4) is 0 Å². The van der Waals surface area contributed by atoms with E-state index in [-0.39, 0.29) is 28.3 Å². The molecule has 2 aromatic carbocycles. The summed E-state index contributed by atoms with van der Waals surface area (Å²) < 4.78 is 15.8. The third kappa shape index (κ3) is 5.08. The fraction of sp³-hybridized carbons (Fsp3) is 0.227. The van der Waals surface area contributed by atoms with Gasteiger partial charge in [0.2, 0.25) is 0 Å². The van der Waals surface area contributed by atoms with E-state index in [2.05, 4.69) is 0 Å². The quantitative estimate of drug-likeness (QED) is 0.168. The Kier molecular flexibility index (Phi) is 7.15. The molecule has 2 aromatic rings. The average Bonchev–Trinajstić information content (AvgIpc) is 2.83. The zero-order valence-electron chi connectivity index (χ0n) is 17.1. The summed E-state index contributed by atoms with van der Waals surface area (Å²) in [4.78, 5) is 37.1. The average molecular weight is 437 g/mol. The lowest BCUT2D eigenvalue weighted by atomic mass is 10.1. The van der Waals surface area contributed by atoms with Gasteiger partial charge in [0.25, 0.3) is 11.6 Å². The highest BCUT2D eigenvalue weighted by Gasteiger charge is 2.23. The van der Waals surface area contributed by atoms with Gasteiger partial charge in [0.15, 0.2) is 11.5 Å². The van der Waals surface area contributed by atoms with E-state index in [0.29, 0.717) is 31.9 Å². The summed E-state index contributed by atoms with van der Waals surface area (Å²) in [5, 5.41) is 20.6. The van der Waals surface area contributed by atoms with Crippen molar-refractivity contribution in [3.05, 3.63) is 69.3 Å². The van der Waals surface area contributed by atoms with Crippen LogP contribution in [0.4, 0.5) is 5.69 Å². The van der Waals surface area contributed by atoms with Gasteiger partial charge in [0, 0.05) is 19.2 Å². The molecule has 0 aliphatic carbocycles. The second kappa shape index (κ2) is 10.2. The number of hydrogen-bond donors (Lipinski definition) is 0. The lowest BCUT2D eigenvalue weighted by Gasteiger charge is -2.26. The van der Waals surface area contributed by atoms with E-state index in [1.165, 1.54) is 55.7 Å². The molecule has 0 unspecified atom stereocenters. The van der Waals surface area contributed by atoms with E-state index in [4.69, 9.17) is 14.2 Å². The van der Waals surface area contributed by atoms with Crippen LogP contribution in [-0.4, -0.2) is 55.1 Å². The smallest absolute Gasteiger partial charge is 0.350 e. The van der Waals surface area contributed by atoms with Crippen molar-refractivity contribution >= 4 is 23.6 Å². The molecule has 1 aliphatic heterocycles. The van der Waals surface area contributed by atoms with E-state index in [1.807, 2.05) is 6.07 Å². The molecule has 1 fully saturated rings. The Morgan fingerprint density at radius 2 is 1.91 bits per heavy atom. The van der Waals surface area contributed by atoms with Gasteiger partial charge in [-0.15, -0.1) is 0 Å². The SMILES string of the molecule is COc1cc(/C=C(\C#N)C(=O)N2CCOCC2)ccc1OC(=O)c1ccccc1[N+](=O)[O-]. The Labute approximate surface area is 183 Å². The maximum absolute atomic E-state index is 12.6. The largest absolute Gasteiger partial charge is 0.493 e. The van der Waals surface area contributed by atoms with Gasteiger partial charge in [0.1, 0.15) is 17.2 Å². The van der Waals surface area contributed by atoms with Crippen LogP contribution in [0.1, 0.15) is 15.9 Å². The number of nitro groups is 1. The van der Waals surface area contributed by atoms with Crippen LogP contribution in [0.15, 0.2) is 48.0 Å². The van der Waals surface area contributed by atoms with Crippen molar-refractivity contribution < 1.29 is 28.7 Å². The summed E-state index contributed by atoms with van der Waals surface area (Å²) in [6.45, 7) is 1.64. The highest BCUT2D eigenvalue weighted by molar-refractivity contribution is 6.02. The summed E-state index contributed by atoms with van der Waals surface area (Å²) in [7, 11) is 1.36. The predicted octanol–water partition coefficient (Wildman–Crippen LogP) is 2.59. The van der Waals surface area contributed by atoms with Gasteiger partial charge in [-0.2, -0.15) is 5.26 Å². The molecule has 164 valence electrons. The minimum Gasteiger partial charge on any atom is -0.493 e. The van der Waals surface area contributed by atoms with Gasteiger partial charge >= 0.3 is 5.97 Å². The molecule has 32 heavy (non-hydrogen) atoms. The molecule has 1 saturated heterocycles. The first-order valence-electron chi connectivity index (χ1n) is 9.57. The number of rotatable bonds is 6. The number of nitrogens with zero attached hydrogens (tertiary/aromatic N) is 3. The molecule has 1 amide bonds. The van der Waals surface area contributed by atoms with Gasteiger partial charge in [-0.3, -0.25) is 14.9 Å². The molecule has 0 aromatic heterocycles. The maximum Gasteiger partial charge on any atom is 0.350 e. The second-order valence-corrected chi connectivity index (χ2v) is 6.65. The summed E-state index contributed by atoms with van der Waals surface area (Å²) >= 11 is 0. The molecule has 0 atom stereocenters. The monoisotopic (exact) mass is 437 g/mol. The number of amides is 1. The third-order valence-electron chi connectivity index (χ3n) is 4.67. The molecule has 10 heteroatoms. The Bertz CT molecular complexity index is 1110. The number of methoxy groups -OCH3 is 1. The lowest BCUT2D eigenvalue weighted by Crippen LogP contribution is -2.41. The van der Waals surface area contributed by atoms with Crippen LogP contribution in [0, 0.1) is 21.4 Å². The van der Waals surface area contributed by atoms with Gasteiger partial charge in [-0.1, -0.05) is 18.2 Å². The predicted molar refractivity (Wildman–Crippen MR) is 112 cm³/mol. The van der Waals surface area contributed by atoms with Gasteiger partial charge in [0.05, 0.1) is 25.2 Å². The number of carbonyl (C=O) groups excluding carboxylic acids is 2. The first-order chi connectivity index (χ1) is 15.4. The minimum atomic E-state index is -0.917. The standard InChI is InChI=1S/C22H19N3O7/c1-30-20-13-15(12-16(14-23)21(26)24-8-10-31-11-9-24)6-7-19(20)32-22(27)17-4-2-3-5-18(17)25(28)29/h2-7,12-13H,8-11H2,1H3/b16-12+. The topological polar surface area (TPSA) is 132 Å². The van der Waals surface area contributed by atoms with E-state index < -0.39 is 16.8 Å². The molecule has 1 aliphatic rings. The number of morpholine rings is 1. The molecule has 0 bridgehead atoms. The zero-order valence-corrected chi connectivity index (χ0v) is 17.1. The van der Waals surface area contributed by atoms with Crippen LogP contribution < -0.4 is 9.47 Å². The summed E-state index contributed by atoms with van der Waals surface area (Å²) in [6.07, 6.45) is 1.41. The molecule has 0 spiro atoms. The van der Waals surface area contributed by atoms with Crippen molar-refractivity contribution in [2.24, 2.45) is 0 Å². The van der Waals surface area contributed by atoms with Crippen molar-refractivity contribution in [2.75, 3.05) is 33.4 Å². The third-order valence-corrected chi connectivity index (χ3v) is 4.67. The summed E-state index contributed by atoms with van der Waals surface area (Å²) in [5.74, 6) is -1.13. The number of hydrogen-bond acceptors (Lipinski definition) is 8. The Balaban J connectivity index is 1.83. The van der Waals surface area contributed by atoms with Crippen LogP contribution in [0.25, 0.3) is 6.08 Å². The normalized spacial score (nSPS) is 13.8. The molecular weight excluding hydrogens is 418 g/mol. The maximum atomic E-state index is 12.6. The number of esters is 1.